The van der Waals surface area contributed by atoms with E-state index >= 15 is 0 Å². The lowest BCUT2D eigenvalue weighted by Crippen LogP contribution is -2.65. The zero-order valence-electron chi connectivity index (χ0n) is 23.3. The first kappa shape index (κ1) is 27.9. The molecular formula is C29H54N2O3. The van der Waals surface area contributed by atoms with Gasteiger partial charge in [0.25, 0.3) is 5.91 Å². The van der Waals surface area contributed by atoms with Gasteiger partial charge < -0.3 is 19.7 Å². The van der Waals surface area contributed by atoms with Crippen LogP contribution >= 0.6 is 0 Å². The first-order valence-electron chi connectivity index (χ1n) is 14.5. The smallest absolute Gasteiger partial charge is 0.257 e. The standard InChI is InChI=1S/C29H54N2O3/c1-7-24(21-33-8-2)20-31-25(32)28(22-26(3,4)30-27(5,6)23-28)34-29(31)18-16-14-12-10-9-11-13-15-17-19-29/h24,30H,7-23H2,1-6H3. The van der Waals surface area contributed by atoms with E-state index in [0.717, 1.165) is 64.7 Å². The molecule has 3 aliphatic rings. The molecule has 0 radical (unpaired) electrons. The number of piperidine rings is 1. The van der Waals surface area contributed by atoms with E-state index in [4.69, 9.17) is 9.47 Å². The molecule has 2 saturated heterocycles. The number of carbonyl (C=O) groups is 1. The first-order valence-corrected chi connectivity index (χ1v) is 14.5. The molecule has 0 bridgehead atoms. The van der Waals surface area contributed by atoms with Crippen molar-refractivity contribution in [1.82, 2.24) is 10.2 Å². The Balaban J connectivity index is 1.95. The van der Waals surface area contributed by atoms with Gasteiger partial charge >= 0.3 is 0 Å². The molecule has 2 heterocycles. The van der Waals surface area contributed by atoms with Gasteiger partial charge in [-0.05, 0) is 72.6 Å². The summed E-state index contributed by atoms with van der Waals surface area (Å²) < 4.78 is 13.1. The summed E-state index contributed by atoms with van der Waals surface area (Å²) in [4.78, 5) is 16.7. The van der Waals surface area contributed by atoms with E-state index in [1.807, 2.05) is 0 Å². The van der Waals surface area contributed by atoms with E-state index in [-0.39, 0.29) is 17.0 Å². The lowest BCUT2D eigenvalue weighted by Gasteiger charge is -2.50. The van der Waals surface area contributed by atoms with Crippen molar-refractivity contribution in [2.75, 3.05) is 19.8 Å². The van der Waals surface area contributed by atoms with Gasteiger partial charge in [-0.2, -0.15) is 0 Å². The quantitative estimate of drug-likeness (QED) is 0.468. The van der Waals surface area contributed by atoms with Gasteiger partial charge in [0.1, 0.15) is 5.72 Å². The zero-order valence-corrected chi connectivity index (χ0v) is 23.3. The molecular weight excluding hydrogens is 424 g/mol. The minimum Gasteiger partial charge on any atom is -0.381 e. The van der Waals surface area contributed by atoms with Crippen LogP contribution in [-0.2, 0) is 14.3 Å². The van der Waals surface area contributed by atoms with E-state index in [1.165, 1.54) is 44.9 Å². The van der Waals surface area contributed by atoms with Crippen LogP contribution in [0.2, 0.25) is 0 Å². The third-order valence-electron chi connectivity index (χ3n) is 8.35. The Morgan fingerprint density at radius 2 is 1.38 bits per heavy atom. The van der Waals surface area contributed by atoms with Crippen LogP contribution in [-0.4, -0.2) is 53.0 Å². The molecule has 34 heavy (non-hydrogen) atoms. The van der Waals surface area contributed by atoms with Gasteiger partial charge in [0.05, 0.1) is 6.61 Å². The van der Waals surface area contributed by atoms with Gasteiger partial charge in [-0.1, -0.05) is 51.9 Å². The van der Waals surface area contributed by atoms with Crippen molar-refractivity contribution >= 4 is 5.91 Å². The molecule has 1 saturated carbocycles. The van der Waals surface area contributed by atoms with E-state index in [1.54, 1.807) is 0 Å². The predicted octanol–water partition coefficient (Wildman–Crippen LogP) is 6.59. The summed E-state index contributed by atoms with van der Waals surface area (Å²) in [5.41, 5.74) is -1.47. The lowest BCUT2D eigenvalue weighted by molar-refractivity contribution is -0.178. The zero-order chi connectivity index (χ0) is 24.9. The normalized spacial score (nSPS) is 27.9. The Kier molecular flexibility index (Phi) is 9.53. The molecule has 5 heteroatoms. The molecule has 198 valence electrons. The summed E-state index contributed by atoms with van der Waals surface area (Å²) in [6.45, 7) is 15.4. The van der Waals surface area contributed by atoms with Crippen molar-refractivity contribution in [3.8, 4) is 0 Å². The minimum absolute atomic E-state index is 0.143. The largest absolute Gasteiger partial charge is 0.381 e. The Morgan fingerprint density at radius 1 is 0.882 bits per heavy atom. The first-order chi connectivity index (χ1) is 16.1. The van der Waals surface area contributed by atoms with E-state index in [2.05, 4.69) is 51.8 Å². The van der Waals surface area contributed by atoms with Gasteiger partial charge in [0, 0.05) is 37.1 Å². The third kappa shape index (κ3) is 6.76. The number of nitrogens with zero attached hydrogens (tertiary/aromatic N) is 1. The molecule has 3 rings (SSSR count). The van der Waals surface area contributed by atoms with Gasteiger partial charge in [0.2, 0.25) is 0 Å². The molecule has 0 aromatic heterocycles. The highest BCUT2D eigenvalue weighted by molar-refractivity contribution is 5.88. The fourth-order valence-electron chi connectivity index (χ4n) is 7.24. The highest BCUT2D eigenvalue weighted by Gasteiger charge is 2.64. The highest BCUT2D eigenvalue weighted by Crippen LogP contribution is 2.51. The van der Waals surface area contributed by atoms with Crippen LogP contribution in [0.1, 0.15) is 131 Å². The molecule has 1 unspecified atom stereocenters. The fourth-order valence-corrected chi connectivity index (χ4v) is 7.24. The third-order valence-corrected chi connectivity index (χ3v) is 8.35. The van der Waals surface area contributed by atoms with Crippen molar-refractivity contribution in [3.05, 3.63) is 0 Å². The molecule has 1 amide bonds. The van der Waals surface area contributed by atoms with Crippen LogP contribution in [0.3, 0.4) is 0 Å². The number of amides is 1. The van der Waals surface area contributed by atoms with Crippen molar-refractivity contribution in [3.63, 3.8) is 0 Å². The Morgan fingerprint density at radius 3 is 1.85 bits per heavy atom. The van der Waals surface area contributed by atoms with Crippen molar-refractivity contribution in [2.45, 2.75) is 154 Å². The van der Waals surface area contributed by atoms with Gasteiger partial charge in [-0.3, -0.25) is 4.79 Å². The highest BCUT2D eigenvalue weighted by atomic mass is 16.6. The minimum atomic E-state index is -0.723. The van der Waals surface area contributed by atoms with Crippen LogP contribution in [0.4, 0.5) is 0 Å². The van der Waals surface area contributed by atoms with Crippen molar-refractivity contribution in [1.29, 1.82) is 0 Å². The number of carbonyl (C=O) groups excluding carboxylic acids is 1. The summed E-state index contributed by atoms with van der Waals surface area (Å²) in [5, 5.41) is 3.77. The second-order valence-corrected chi connectivity index (χ2v) is 12.8. The molecule has 1 atom stereocenters. The maximum Gasteiger partial charge on any atom is 0.257 e. The fraction of sp³-hybridized carbons (Fsp3) is 0.966. The molecule has 3 fully saturated rings. The number of hydrogen-bond donors (Lipinski definition) is 1. The Hall–Kier alpha value is -0.650. The topological polar surface area (TPSA) is 50.8 Å². The van der Waals surface area contributed by atoms with Crippen molar-refractivity contribution in [2.24, 2.45) is 5.92 Å². The number of nitrogens with one attached hydrogen (secondary N) is 1. The molecule has 2 aliphatic heterocycles. The van der Waals surface area contributed by atoms with Crippen LogP contribution in [0, 0.1) is 5.92 Å². The van der Waals surface area contributed by atoms with Crippen LogP contribution in [0.25, 0.3) is 0 Å². The van der Waals surface area contributed by atoms with E-state index < -0.39 is 11.3 Å². The van der Waals surface area contributed by atoms with Gasteiger partial charge in [0.15, 0.2) is 5.60 Å². The van der Waals surface area contributed by atoms with Crippen LogP contribution < -0.4 is 5.32 Å². The average molecular weight is 479 g/mol. The number of rotatable bonds is 6. The summed E-state index contributed by atoms with van der Waals surface area (Å²) in [5.74, 6) is 0.598. The maximum absolute atomic E-state index is 14.5. The summed E-state index contributed by atoms with van der Waals surface area (Å²) >= 11 is 0. The Labute approximate surface area is 210 Å². The van der Waals surface area contributed by atoms with Gasteiger partial charge in [-0.15, -0.1) is 0 Å². The van der Waals surface area contributed by atoms with Crippen LogP contribution in [0.5, 0.6) is 0 Å². The van der Waals surface area contributed by atoms with Gasteiger partial charge in [-0.25, -0.2) is 0 Å². The van der Waals surface area contributed by atoms with E-state index in [9.17, 15) is 4.79 Å². The monoisotopic (exact) mass is 478 g/mol. The lowest BCUT2D eigenvalue weighted by atomic mass is 9.72. The second kappa shape index (κ2) is 11.6. The maximum atomic E-state index is 14.5. The molecule has 5 nitrogen and oxygen atoms in total. The Bertz CT molecular complexity index is 632. The van der Waals surface area contributed by atoms with E-state index in [0.29, 0.717) is 5.92 Å². The molecule has 0 aromatic carbocycles. The summed E-state index contributed by atoms with van der Waals surface area (Å²) in [6.07, 6.45) is 15.9. The predicted molar refractivity (Wildman–Crippen MR) is 140 cm³/mol. The van der Waals surface area contributed by atoms with Crippen molar-refractivity contribution < 1.29 is 14.3 Å². The average Bonchev–Trinajstić information content (AvgIpc) is 2.92. The second-order valence-electron chi connectivity index (χ2n) is 12.8. The SMILES string of the molecule is CCOCC(CC)CN1C(=O)C2(CC(C)(C)NC(C)(C)C2)OC12CCCCCCCCCCC2. The molecule has 0 aromatic rings. The number of ether oxygens (including phenoxy) is 2. The molecule has 1 aliphatic carbocycles. The van der Waals surface area contributed by atoms with Crippen LogP contribution in [0.15, 0.2) is 0 Å². The number of hydrogen-bond acceptors (Lipinski definition) is 4. The molecule has 2 spiro atoms. The molecule has 1 N–H and O–H groups in total. The summed E-state index contributed by atoms with van der Waals surface area (Å²) in [7, 11) is 0. The summed E-state index contributed by atoms with van der Waals surface area (Å²) in [6, 6.07) is 0.